The van der Waals surface area contributed by atoms with E-state index in [2.05, 4.69) is 20.4 Å². The highest BCUT2D eigenvalue weighted by Crippen LogP contribution is 2.22. The molecule has 1 aliphatic heterocycles. The molecule has 3 heterocycles. The van der Waals surface area contributed by atoms with Gasteiger partial charge in [0, 0.05) is 30.5 Å². The zero-order valence-electron chi connectivity index (χ0n) is 8.94. The van der Waals surface area contributed by atoms with E-state index in [1.165, 1.54) is 0 Å². The number of nitrogen functional groups attached to an aromatic ring is 1. The molecule has 0 bridgehead atoms. The van der Waals surface area contributed by atoms with Gasteiger partial charge in [0.2, 0.25) is 0 Å². The average molecular weight is 216 g/mol. The van der Waals surface area contributed by atoms with Crippen LogP contribution in [0.2, 0.25) is 0 Å². The molecule has 0 aromatic carbocycles. The number of nitrogens with one attached hydrogen (secondary N) is 1. The third-order valence-corrected chi connectivity index (χ3v) is 2.69. The molecular formula is C10H12N6. The maximum Gasteiger partial charge on any atom is 0.251 e. The maximum atomic E-state index is 5.84. The summed E-state index contributed by atoms with van der Waals surface area (Å²) in [6.07, 6.45) is 1.73. The van der Waals surface area contributed by atoms with Gasteiger partial charge in [0.05, 0.1) is 5.69 Å². The molecule has 16 heavy (non-hydrogen) atoms. The van der Waals surface area contributed by atoms with E-state index in [0.717, 1.165) is 30.0 Å². The van der Waals surface area contributed by atoms with Crippen LogP contribution >= 0.6 is 0 Å². The van der Waals surface area contributed by atoms with Crippen molar-refractivity contribution >= 4 is 5.82 Å². The number of hydrogen-bond donors (Lipinski definition) is 2. The molecule has 6 nitrogen and oxygen atoms in total. The SMILES string of the molecule is Cc1ccnc(-n2nc(N)c3c2CNC3)n1. The van der Waals surface area contributed by atoms with E-state index >= 15 is 0 Å². The fourth-order valence-corrected chi connectivity index (χ4v) is 1.89. The monoisotopic (exact) mass is 216 g/mol. The van der Waals surface area contributed by atoms with Gasteiger partial charge in [-0.05, 0) is 13.0 Å². The minimum Gasteiger partial charge on any atom is -0.382 e. The summed E-state index contributed by atoms with van der Waals surface area (Å²) >= 11 is 0. The smallest absolute Gasteiger partial charge is 0.251 e. The number of hydrogen-bond acceptors (Lipinski definition) is 5. The molecule has 3 rings (SSSR count). The van der Waals surface area contributed by atoms with Crippen LogP contribution in [0.3, 0.4) is 0 Å². The second kappa shape index (κ2) is 3.28. The van der Waals surface area contributed by atoms with E-state index < -0.39 is 0 Å². The van der Waals surface area contributed by atoms with Gasteiger partial charge in [-0.2, -0.15) is 4.68 Å². The Balaban J connectivity index is 2.17. The van der Waals surface area contributed by atoms with E-state index in [0.29, 0.717) is 11.8 Å². The zero-order valence-corrected chi connectivity index (χ0v) is 8.94. The summed E-state index contributed by atoms with van der Waals surface area (Å²) in [7, 11) is 0. The van der Waals surface area contributed by atoms with E-state index in [9.17, 15) is 0 Å². The average Bonchev–Trinajstić information content (AvgIpc) is 2.83. The number of aromatic nitrogens is 4. The molecule has 0 radical (unpaired) electrons. The predicted octanol–water partition coefficient (Wildman–Crippen LogP) is 0.156. The molecule has 0 unspecified atom stereocenters. The molecular weight excluding hydrogens is 204 g/mol. The second-order valence-corrected chi connectivity index (χ2v) is 3.82. The van der Waals surface area contributed by atoms with Crippen LogP contribution in [0.4, 0.5) is 5.82 Å². The van der Waals surface area contributed by atoms with Crippen LogP contribution in [0.15, 0.2) is 12.3 Å². The molecule has 1 aliphatic rings. The Kier molecular flexibility index (Phi) is 1.90. The fourth-order valence-electron chi connectivity index (χ4n) is 1.89. The Bertz CT molecular complexity index is 544. The molecule has 82 valence electrons. The number of nitrogens with zero attached hydrogens (tertiary/aromatic N) is 4. The van der Waals surface area contributed by atoms with Crippen molar-refractivity contribution in [1.82, 2.24) is 25.1 Å². The lowest BCUT2D eigenvalue weighted by Gasteiger charge is -2.03. The van der Waals surface area contributed by atoms with Gasteiger partial charge in [-0.1, -0.05) is 0 Å². The Morgan fingerprint density at radius 2 is 2.31 bits per heavy atom. The van der Waals surface area contributed by atoms with Crippen LogP contribution < -0.4 is 11.1 Å². The fraction of sp³-hybridized carbons (Fsp3) is 0.300. The Hall–Kier alpha value is -1.95. The highest BCUT2D eigenvalue weighted by molar-refractivity contribution is 5.46. The summed E-state index contributed by atoms with van der Waals surface area (Å²) in [5.41, 5.74) is 8.87. The van der Waals surface area contributed by atoms with Crippen molar-refractivity contribution in [1.29, 1.82) is 0 Å². The molecule has 0 saturated carbocycles. The molecule has 0 atom stereocenters. The number of rotatable bonds is 1. The third kappa shape index (κ3) is 1.27. The Morgan fingerprint density at radius 3 is 3.12 bits per heavy atom. The molecule has 6 heteroatoms. The van der Waals surface area contributed by atoms with Crippen molar-refractivity contribution < 1.29 is 0 Å². The number of fused-ring (bicyclic) bond motifs is 1. The minimum atomic E-state index is 0.560. The van der Waals surface area contributed by atoms with Crippen LogP contribution in [0.1, 0.15) is 17.0 Å². The first-order valence-corrected chi connectivity index (χ1v) is 5.12. The van der Waals surface area contributed by atoms with Crippen molar-refractivity contribution in [3.8, 4) is 5.95 Å². The van der Waals surface area contributed by atoms with E-state index in [-0.39, 0.29) is 0 Å². The topological polar surface area (TPSA) is 81.7 Å². The van der Waals surface area contributed by atoms with Crippen molar-refractivity contribution in [2.24, 2.45) is 0 Å². The lowest BCUT2D eigenvalue weighted by atomic mass is 10.3. The van der Waals surface area contributed by atoms with Crippen molar-refractivity contribution in [3.05, 3.63) is 29.2 Å². The lowest BCUT2D eigenvalue weighted by molar-refractivity contribution is 0.695. The summed E-state index contributed by atoms with van der Waals surface area (Å²) in [5.74, 6) is 1.14. The van der Waals surface area contributed by atoms with Crippen LogP contribution in [0, 0.1) is 6.92 Å². The number of anilines is 1. The van der Waals surface area contributed by atoms with Gasteiger partial charge in [-0.3, -0.25) is 0 Å². The number of nitrogens with two attached hydrogens (primary N) is 1. The van der Waals surface area contributed by atoms with Gasteiger partial charge in [0.1, 0.15) is 0 Å². The summed E-state index contributed by atoms with van der Waals surface area (Å²) < 4.78 is 1.72. The van der Waals surface area contributed by atoms with Gasteiger partial charge in [0.15, 0.2) is 5.82 Å². The molecule has 3 N–H and O–H groups in total. The number of aryl methyl sites for hydroxylation is 1. The first-order valence-electron chi connectivity index (χ1n) is 5.12. The molecule has 0 spiro atoms. The summed E-state index contributed by atoms with van der Waals surface area (Å²) in [6, 6.07) is 1.86. The second-order valence-electron chi connectivity index (χ2n) is 3.82. The highest BCUT2D eigenvalue weighted by Gasteiger charge is 2.22. The summed E-state index contributed by atoms with van der Waals surface area (Å²) in [5, 5.41) is 7.51. The quantitative estimate of drug-likeness (QED) is 0.709. The molecule has 0 saturated heterocycles. The molecule has 2 aromatic rings. The predicted molar refractivity (Wildman–Crippen MR) is 58.8 cm³/mol. The maximum absolute atomic E-state index is 5.84. The van der Waals surface area contributed by atoms with E-state index in [4.69, 9.17) is 5.73 Å². The largest absolute Gasteiger partial charge is 0.382 e. The van der Waals surface area contributed by atoms with Gasteiger partial charge in [-0.15, -0.1) is 5.10 Å². The first kappa shape index (κ1) is 9.29. The van der Waals surface area contributed by atoms with Gasteiger partial charge < -0.3 is 11.1 Å². The van der Waals surface area contributed by atoms with Crippen molar-refractivity contribution in [2.75, 3.05) is 5.73 Å². The lowest BCUT2D eigenvalue weighted by Crippen LogP contribution is -2.11. The van der Waals surface area contributed by atoms with Crippen LogP contribution in [-0.2, 0) is 13.1 Å². The first-order chi connectivity index (χ1) is 7.75. The summed E-state index contributed by atoms with van der Waals surface area (Å²) in [4.78, 5) is 8.55. The Morgan fingerprint density at radius 1 is 1.44 bits per heavy atom. The van der Waals surface area contributed by atoms with Crippen LogP contribution in [0.5, 0.6) is 0 Å². The minimum absolute atomic E-state index is 0.560. The Labute approximate surface area is 92.5 Å². The molecule has 2 aromatic heterocycles. The molecule has 0 amide bonds. The van der Waals surface area contributed by atoms with Crippen LogP contribution in [0.25, 0.3) is 5.95 Å². The van der Waals surface area contributed by atoms with Crippen molar-refractivity contribution in [3.63, 3.8) is 0 Å². The van der Waals surface area contributed by atoms with E-state index in [1.54, 1.807) is 10.9 Å². The summed E-state index contributed by atoms with van der Waals surface area (Å²) in [6.45, 7) is 3.46. The highest BCUT2D eigenvalue weighted by atomic mass is 15.4. The standard InChI is InChI=1S/C10H12N6/c1-6-2-3-13-10(14-6)16-8-5-12-4-7(8)9(11)15-16/h2-3,12H,4-5H2,1H3,(H2,11,15). The molecule has 0 aliphatic carbocycles. The van der Waals surface area contributed by atoms with Gasteiger partial charge in [0.25, 0.3) is 5.95 Å². The van der Waals surface area contributed by atoms with Crippen LogP contribution in [-0.4, -0.2) is 19.7 Å². The normalized spacial score (nSPS) is 14.1. The third-order valence-electron chi connectivity index (χ3n) is 2.69. The van der Waals surface area contributed by atoms with E-state index in [1.807, 2.05) is 13.0 Å². The van der Waals surface area contributed by atoms with Crippen molar-refractivity contribution in [2.45, 2.75) is 20.0 Å². The zero-order chi connectivity index (χ0) is 11.1. The van der Waals surface area contributed by atoms with Gasteiger partial charge in [-0.25, -0.2) is 9.97 Å². The molecule has 0 fully saturated rings. The van der Waals surface area contributed by atoms with Gasteiger partial charge >= 0.3 is 0 Å².